The number of benzene rings is 3. The summed E-state index contributed by atoms with van der Waals surface area (Å²) in [6.07, 6.45) is 0. The van der Waals surface area contributed by atoms with Crippen molar-refractivity contribution in [3.8, 4) is 11.5 Å². The van der Waals surface area contributed by atoms with E-state index in [0.717, 1.165) is 16.8 Å². The average molecular weight is 437 g/mol. The van der Waals surface area contributed by atoms with Crippen molar-refractivity contribution < 1.29 is 9.47 Å². The molecule has 0 fully saturated rings. The zero-order valence-electron chi connectivity index (χ0n) is 15.3. The van der Waals surface area contributed by atoms with Crippen molar-refractivity contribution in [2.75, 3.05) is 11.9 Å². The quantitative estimate of drug-likeness (QED) is 0.404. The summed E-state index contributed by atoms with van der Waals surface area (Å²) in [4.78, 5) is 0. The first-order valence-corrected chi connectivity index (χ1v) is 10.0. The third kappa shape index (κ3) is 5.71. The zero-order valence-corrected chi connectivity index (χ0v) is 17.6. The molecule has 146 valence electrons. The van der Waals surface area contributed by atoms with Crippen LogP contribution >= 0.6 is 34.8 Å². The first kappa shape index (κ1) is 20.7. The number of hydrogen-bond acceptors (Lipinski definition) is 3. The SMILES string of the molecule is CCOc1cc(CNc2cc(Cl)cc(Cl)c2)cc(Cl)c1OCc1ccccc1. The molecule has 0 unspecified atom stereocenters. The lowest BCUT2D eigenvalue weighted by Crippen LogP contribution is -2.04. The minimum Gasteiger partial charge on any atom is -0.490 e. The maximum atomic E-state index is 6.49. The normalized spacial score (nSPS) is 10.6. The first-order chi connectivity index (χ1) is 13.5. The van der Waals surface area contributed by atoms with Crippen LogP contribution < -0.4 is 14.8 Å². The van der Waals surface area contributed by atoms with E-state index < -0.39 is 0 Å². The Morgan fingerprint density at radius 2 is 1.54 bits per heavy atom. The molecule has 0 aromatic heterocycles. The molecule has 3 rings (SSSR count). The zero-order chi connectivity index (χ0) is 19.9. The van der Waals surface area contributed by atoms with E-state index in [-0.39, 0.29) is 0 Å². The smallest absolute Gasteiger partial charge is 0.180 e. The minimum atomic E-state index is 0.416. The van der Waals surface area contributed by atoms with Gasteiger partial charge in [-0.05, 0) is 48.4 Å². The second-order valence-electron chi connectivity index (χ2n) is 6.12. The highest BCUT2D eigenvalue weighted by molar-refractivity contribution is 6.35. The number of halogens is 3. The molecule has 0 aliphatic rings. The molecule has 3 aromatic rings. The number of anilines is 1. The molecule has 0 amide bonds. The lowest BCUT2D eigenvalue weighted by Gasteiger charge is -2.16. The molecule has 3 aromatic carbocycles. The van der Waals surface area contributed by atoms with Gasteiger partial charge in [-0.1, -0.05) is 65.1 Å². The highest BCUT2D eigenvalue weighted by Gasteiger charge is 2.13. The Morgan fingerprint density at radius 1 is 0.821 bits per heavy atom. The van der Waals surface area contributed by atoms with Crippen LogP contribution in [0.2, 0.25) is 15.1 Å². The topological polar surface area (TPSA) is 30.5 Å². The molecule has 0 aliphatic carbocycles. The van der Waals surface area contributed by atoms with Crippen molar-refractivity contribution in [3.63, 3.8) is 0 Å². The molecule has 0 aliphatic heterocycles. The Kier molecular flexibility index (Phi) is 7.32. The van der Waals surface area contributed by atoms with Gasteiger partial charge in [-0.2, -0.15) is 0 Å². The largest absolute Gasteiger partial charge is 0.490 e. The van der Waals surface area contributed by atoms with Crippen LogP contribution in [0.15, 0.2) is 60.7 Å². The van der Waals surface area contributed by atoms with Crippen molar-refractivity contribution in [2.45, 2.75) is 20.1 Å². The van der Waals surface area contributed by atoms with Gasteiger partial charge in [-0.25, -0.2) is 0 Å². The Morgan fingerprint density at radius 3 is 2.21 bits per heavy atom. The standard InChI is InChI=1S/C22H20Cl3NO2/c1-2-27-21-9-16(13-26-19-11-17(23)10-18(24)12-19)8-20(25)22(21)28-14-15-6-4-3-5-7-15/h3-12,26H,2,13-14H2,1H3. The number of hydrogen-bond donors (Lipinski definition) is 1. The highest BCUT2D eigenvalue weighted by atomic mass is 35.5. The van der Waals surface area contributed by atoms with E-state index in [1.54, 1.807) is 6.07 Å². The van der Waals surface area contributed by atoms with Crippen LogP contribution in [-0.4, -0.2) is 6.61 Å². The molecule has 3 nitrogen and oxygen atoms in total. The van der Waals surface area contributed by atoms with E-state index in [1.807, 2.05) is 61.5 Å². The molecule has 1 N–H and O–H groups in total. The summed E-state index contributed by atoms with van der Waals surface area (Å²) in [6, 6.07) is 19.0. The molecule has 0 bridgehead atoms. The Labute approximate surface area is 180 Å². The highest BCUT2D eigenvalue weighted by Crippen LogP contribution is 2.37. The van der Waals surface area contributed by atoms with Crippen LogP contribution in [0.4, 0.5) is 5.69 Å². The number of nitrogens with one attached hydrogen (secondary N) is 1. The van der Waals surface area contributed by atoms with E-state index in [2.05, 4.69) is 5.32 Å². The molecule has 0 saturated heterocycles. The molecule has 6 heteroatoms. The number of ether oxygens (including phenoxy) is 2. The van der Waals surface area contributed by atoms with Crippen LogP contribution in [0.25, 0.3) is 0 Å². The summed E-state index contributed by atoms with van der Waals surface area (Å²) >= 11 is 18.6. The minimum absolute atomic E-state index is 0.416. The monoisotopic (exact) mass is 435 g/mol. The first-order valence-electron chi connectivity index (χ1n) is 8.87. The predicted octanol–water partition coefficient (Wildman–Crippen LogP) is 7.24. The third-order valence-electron chi connectivity index (χ3n) is 3.95. The lowest BCUT2D eigenvalue weighted by molar-refractivity contribution is 0.269. The van der Waals surface area contributed by atoms with E-state index >= 15 is 0 Å². The van der Waals surface area contributed by atoms with Crippen LogP contribution in [0.1, 0.15) is 18.1 Å². The second-order valence-corrected chi connectivity index (χ2v) is 7.40. The van der Waals surface area contributed by atoms with Gasteiger partial charge in [-0.15, -0.1) is 0 Å². The van der Waals surface area contributed by atoms with Gasteiger partial charge in [-0.3, -0.25) is 0 Å². The van der Waals surface area contributed by atoms with E-state index in [9.17, 15) is 0 Å². The fourth-order valence-electron chi connectivity index (χ4n) is 2.72. The van der Waals surface area contributed by atoms with Crippen molar-refractivity contribution in [3.05, 3.63) is 86.9 Å². The lowest BCUT2D eigenvalue weighted by atomic mass is 10.2. The third-order valence-corrected chi connectivity index (χ3v) is 4.67. The molecule has 0 spiro atoms. The van der Waals surface area contributed by atoms with Gasteiger partial charge in [0, 0.05) is 22.3 Å². The molecular formula is C22H20Cl3NO2. The van der Waals surface area contributed by atoms with Crippen LogP contribution in [0, 0.1) is 0 Å². The summed E-state index contributed by atoms with van der Waals surface area (Å²) in [6.45, 7) is 3.39. The summed E-state index contributed by atoms with van der Waals surface area (Å²) in [5, 5.41) is 4.95. The molecule has 0 atom stereocenters. The van der Waals surface area contributed by atoms with Gasteiger partial charge < -0.3 is 14.8 Å². The van der Waals surface area contributed by atoms with Crippen LogP contribution in [0.5, 0.6) is 11.5 Å². The fraction of sp³-hybridized carbons (Fsp3) is 0.182. The van der Waals surface area contributed by atoms with Gasteiger partial charge in [0.25, 0.3) is 0 Å². The molecule has 0 heterocycles. The molecular weight excluding hydrogens is 417 g/mol. The summed E-state index contributed by atoms with van der Waals surface area (Å²) < 4.78 is 11.7. The maximum absolute atomic E-state index is 6.49. The fourth-order valence-corrected chi connectivity index (χ4v) is 3.53. The van der Waals surface area contributed by atoms with E-state index in [4.69, 9.17) is 44.3 Å². The summed E-state index contributed by atoms with van der Waals surface area (Å²) in [5.74, 6) is 1.16. The van der Waals surface area contributed by atoms with Crippen molar-refractivity contribution in [1.29, 1.82) is 0 Å². The van der Waals surface area contributed by atoms with Crippen LogP contribution in [0.3, 0.4) is 0 Å². The van der Waals surface area contributed by atoms with Crippen molar-refractivity contribution in [1.82, 2.24) is 0 Å². The van der Waals surface area contributed by atoms with Gasteiger partial charge in [0.15, 0.2) is 11.5 Å². The van der Waals surface area contributed by atoms with Gasteiger partial charge in [0.1, 0.15) is 6.61 Å². The van der Waals surface area contributed by atoms with Crippen LogP contribution in [-0.2, 0) is 13.2 Å². The van der Waals surface area contributed by atoms with E-state index in [0.29, 0.717) is 46.3 Å². The Hall–Kier alpha value is -2.07. The molecule has 0 saturated carbocycles. The van der Waals surface area contributed by atoms with Gasteiger partial charge >= 0.3 is 0 Å². The molecule has 0 radical (unpaired) electrons. The van der Waals surface area contributed by atoms with Crippen molar-refractivity contribution >= 4 is 40.5 Å². The number of rotatable bonds is 8. The van der Waals surface area contributed by atoms with Gasteiger partial charge in [0.05, 0.1) is 11.6 Å². The second kappa shape index (κ2) is 9.92. The molecule has 28 heavy (non-hydrogen) atoms. The Balaban J connectivity index is 1.75. The Bertz CT molecular complexity index is 912. The maximum Gasteiger partial charge on any atom is 0.180 e. The summed E-state index contributed by atoms with van der Waals surface area (Å²) in [7, 11) is 0. The summed E-state index contributed by atoms with van der Waals surface area (Å²) in [5.41, 5.74) is 2.84. The van der Waals surface area contributed by atoms with Crippen molar-refractivity contribution in [2.24, 2.45) is 0 Å². The van der Waals surface area contributed by atoms with Gasteiger partial charge in [0.2, 0.25) is 0 Å². The van der Waals surface area contributed by atoms with E-state index in [1.165, 1.54) is 0 Å². The predicted molar refractivity (Wildman–Crippen MR) is 117 cm³/mol. The average Bonchev–Trinajstić information content (AvgIpc) is 2.66.